The SMILES string of the molecule is COc1c(OCCCOc2c(OC)c(F)c3sc(C(=O)C[C@H](C)C(=O)O)cc3c2Cl)cc2c(c1Cl)CN(C(=O)C[C@H](C)C(=O)O)C2. The first-order valence-electron chi connectivity index (χ1n) is 14.2. The van der Waals surface area contributed by atoms with Crippen LogP contribution in [0.5, 0.6) is 23.0 Å². The summed E-state index contributed by atoms with van der Waals surface area (Å²) in [5, 5.41) is 18.8. The lowest BCUT2D eigenvalue weighted by atomic mass is 10.0. The van der Waals surface area contributed by atoms with Gasteiger partial charge in [-0.05, 0) is 23.3 Å². The molecule has 11 nitrogen and oxygen atoms in total. The van der Waals surface area contributed by atoms with E-state index in [9.17, 15) is 19.2 Å². The third kappa shape index (κ3) is 7.26. The van der Waals surface area contributed by atoms with Crippen molar-refractivity contribution in [3.05, 3.63) is 44.0 Å². The summed E-state index contributed by atoms with van der Waals surface area (Å²) in [6.07, 6.45) is -0.0650. The van der Waals surface area contributed by atoms with E-state index in [1.165, 1.54) is 39.0 Å². The lowest BCUT2D eigenvalue weighted by Crippen LogP contribution is -2.28. The van der Waals surface area contributed by atoms with Crippen LogP contribution < -0.4 is 18.9 Å². The first kappa shape index (κ1) is 35.1. The van der Waals surface area contributed by atoms with Crippen molar-refractivity contribution in [2.75, 3.05) is 27.4 Å². The molecule has 0 saturated heterocycles. The van der Waals surface area contributed by atoms with Crippen LogP contribution in [0.4, 0.5) is 4.39 Å². The molecule has 3 aromatic rings. The van der Waals surface area contributed by atoms with Crippen molar-refractivity contribution in [1.82, 2.24) is 4.90 Å². The Bertz CT molecular complexity index is 1690. The van der Waals surface area contributed by atoms with Gasteiger partial charge < -0.3 is 34.1 Å². The van der Waals surface area contributed by atoms with Crippen molar-refractivity contribution in [1.29, 1.82) is 0 Å². The van der Waals surface area contributed by atoms with E-state index in [1.54, 1.807) is 6.07 Å². The molecular formula is C31H32Cl2FNO10S. The second kappa shape index (κ2) is 14.7. The number of carboxylic acids is 2. The number of carbonyl (C=O) groups is 4. The summed E-state index contributed by atoms with van der Waals surface area (Å²) < 4.78 is 38.0. The maximum atomic E-state index is 15.4. The third-order valence-electron chi connectivity index (χ3n) is 7.51. The molecule has 46 heavy (non-hydrogen) atoms. The van der Waals surface area contributed by atoms with Gasteiger partial charge in [0.2, 0.25) is 5.91 Å². The van der Waals surface area contributed by atoms with Crippen molar-refractivity contribution in [2.24, 2.45) is 11.8 Å². The Balaban J connectivity index is 1.43. The van der Waals surface area contributed by atoms with Crippen LogP contribution in [0.2, 0.25) is 10.0 Å². The molecule has 248 valence electrons. The van der Waals surface area contributed by atoms with Crippen molar-refractivity contribution < 1.29 is 52.7 Å². The fraction of sp³-hybridized carbons (Fsp3) is 0.419. The van der Waals surface area contributed by atoms with Gasteiger partial charge in [0.1, 0.15) is 0 Å². The van der Waals surface area contributed by atoms with E-state index >= 15 is 4.39 Å². The molecule has 1 aliphatic rings. The number of nitrogens with zero attached hydrogens (tertiary/aromatic N) is 1. The second-order valence-electron chi connectivity index (χ2n) is 10.8. The van der Waals surface area contributed by atoms with Crippen LogP contribution in [0.15, 0.2) is 12.1 Å². The van der Waals surface area contributed by atoms with Crippen molar-refractivity contribution >= 4 is 68.3 Å². The Labute approximate surface area is 277 Å². The fourth-order valence-electron chi connectivity index (χ4n) is 4.89. The van der Waals surface area contributed by atoms with Crippen LogP contribution in [0.25, 0.3) is 10.1 Å². The quantitative estimate of drug-likeness (QED) is 0.134. The van der Waals surface area contributed by atoms with Gasteiger partial charge in [-0.1, -0.05) is 37.0 Å². The summed E-state index contributed by atoms with van der Waals surface area (Å²) in [7, 11) is 2.70. The monoisotopic (exact) mass is 699 g/mol. The minimum Gasteiger partial charge on any atom is -0.491 e. The van der Waals surface area contributed by atoms with E-state index in [0.717, 1.165) is 16.9 Å². The number of amides is 1. The third-order valence-corrected chi connectivity index (χ3v) is 9.45. The first-order valence-corrected chi connectivity index (χ1v) is 15.7. The van der Waals surface area contributed by atoms with E-state index in [2.05, 4.69) is 0 Å². The molecule has 1 aromatic heterocycles. The molecule has 0 spiro atoms. The molecule has 1 aliphatic heterocycles. The summed E-state index contributed by atoms with van der Waals surface area (Å²) >= 11 is 14.0. The summed E-state index contributed by atoms with van der Waals surface area (Å²) in [6.45, 7) is 3.52. The number of hydrogen-bond donors (Lipinski definition) is 2. The minimum absolute atomic E-state index is 0.0398. The van der Waals surface area contributed by atoms with Gasteiger partial charge in [0.25, 0.3) is 0 Å². The van der Waals surface area contributed by atoms with Crippen LogP contribution in [0, 0.1) is 17.7 Å². The number of benzene rings is 2. The Hall–Kier alpha value is -3.81. The van der Waals surface area contributed by atoms with E-state index < -0.39 is 35.4 Å². The highest BCUT2D eigenvalue weighted by Crippen LogP contribution is 2.47. The highest BCUT2D eigenvalue weighted by atomic mass is 35.5. The number of aliphatic carboxylic acids is 2. The van der Waals surface area contributed by atoms with Gasteiger partial charge in [-0.25, -0.2) is 4.39 Å². The highest BCUT2D eigenvalue weighted by Gasteiger charge is 2.31. The summed E-state index contributed by atoms with van der Waals surface area (Å²) in [6, 6.07) is 3.15. The normalized spacial score (nSPS) is 13.7. The predicted molar refractivity (Wildman–Crippen MR) is 168 cm³/mol. The zero-order chi connectivity index (χ0) is 33.9. The number of fused-ring (bicyclic) bond motifs is 2. The van der Waals surface area contributed by atoms with Gasteiger partial charge in [0, 0.05) is 37.7 Å². The second-order valence-corrected chi connectivity index (χ2v) is 12.6. The molecule has 0 radical (unpaired) electrons. The number of thiophene rings is 1. The van der Waals surface area contributed by atoms with E-state index in [-0.39, 0.29) is 82.3 Å². The van der Waals surface area contributed by atoms with Crippen molar-refractivity contribution in [2.45, 2.75) is 46.2 Å². The first-order chi connectivity index (χ1) is 21.8. The zero-order valence-electron chi connectivity index (χ0n) is 25.4. The van der Waals surface area contributed by atoms with Crippen LogP contribution in [0.1, 0.15) is 53.9 Å². The Morgan fingerprint density at radius 2 is 1.54 bits per heavy atom. The molecule has 2 atom stereocenters. The van der Waals surface area contributed by atoms with Crippen LogP contribution in [-0.4, -0.2) is 66.2 Å². The summed E-state index contributed by atoms with van der Waals surface area (Å²) in [4.78, 5) is 49.3. The highest BCUT2D eigenvalue weighted by molar-refractivity contribution is 7.21. The number of carboxylic acid groups (broad SMARTS) is 2. The van der Waals surface area contributed by atoms with Crippen molar-refractivity contribution in [3.8, 4) is 23.0 Å². The minimum atomic E-state index is -1.11. The topological polar surface area (TPSA) is 149 Å². The van der Waals surface area contributed by atoms with E-state index in [1.807, 2.05) is 0 Å². The molecule has 2 aromatic carbocycles. The summed E-state index contributed by atoms with van der Waals surface area (Å²) in [5.74, 6) is -5.04. The Kier molecular flexibility index (Phi) is 11.2. The molecular weight excluding hydrogens is 668 g/mol. The largest absolute Gasteiger partial charge is 0.491 e. The van der Waals surface area contributed by atoms with Gasteiger partial charge in [0.15, 0.2) is 34.6 Å². The average molecular weight is 701 g/mol. The molecule has 0 saturated carbocycles. The molecule has 2 N–H and O–H groups in total. The predicted octanol–water partition coefficient (Wildman–Crippen LogP) is 6.46. The fourth-order valence-corrected chi connectivity index (χ4v) is 6.63. The maximum absolute atomic E-state index is 15.4. The lowest BCUT2D eigenvalue weighted by Gasteiger charge is -2.16. The van der Waals surface area contributed by atoms with Crippen LogP contribution >= 0.6 is 34.5 Å². The van der Waals surface area contributed by atoms with Crippen molar-refractivity contribution in [3.63, 3.8) is 0 Å². The van der Waals surface area contributed by atoms with Crippen LogP contribution in [-0.2, 0) is 27.5 Å². The molecule has 0 aliphatic carbocycles. The molecule has 4 rings (SSSR count). The number of Topliss-reactive ketones (excluding diaryl/α,β-unsaturated/α-hetero) is 1. The molecule has 0 fully saturated rings. The van der Waals surface area contributed by atoms with Gasteiger partial charge in [-0.15, -0.1) is 11.3 Å². The Morgan fingerprint density at radius 1 is 0.913 bits per heavy atom. The van der Waals surface area contributed by atoms with E-state index in [4.69, 9.17) is 52.4 Å². The molecule has 15 heteroatoms. The van der Waals surface area contributed by atoms with Gasteiger partial charge >= 0.3 is 11.9 Å². The Morgan fingerprint density at radius 3 is 2.17 bits per heavy atom. The van der Waals surface area contributed by atoms with Crippen LogP contribution in [0.3, 0.4) is 0 Å². The molecule has 2 heterocycles. The van der Waals surface area contributed by atoms with E-state index in [0.29, 0.717) is 22.8 Å². The van der Waals surface area contributed by atoms with Gasteiger partial charge in [0.05, 0.1) is 58.9 Å². The molecule has 0 unspecified atom stereocenters. The summed E-state index contributed by atoms with van der Waals surface area (Å²) in [5.41, 5.74) is 1.44. The lowest BCUT2D eigenvalue weighted by molar-refractivity contribution is -0.145. The average Bonchev–Trinajstić information content (AvgIpc) is 3.65. The number of ether oxygens (including phenoxy) is 4. The number of carbonyl (C=O) groups excluding carboxylic acids is 2. The maximum Gasteiger partial charge on any atom is 0.306 e. The number of rotatable bonds is 15. The molecule has 0 bridgehead atoms. The van der Waals surface area contributed by atoms with Gasteiger partial charge in [-0.2, -0.15) is 0 Å². The van der Waals surface area contributed by atoms with Gasteiger partial charge in [-0.3, -0.25) is 19.2 Å². The number of methoxy groups -OCH3 is 2. The molecule has 1 amide bonds. The zero-order valence-corrected chi connectivity index (χ0v) is 27.7. The number of halogens is 3. The standard InChI is InChI=1S/C31H32Cl2FNO10S/c1-14(30(38)39)8-19(36)21-11-17-23(32)27(28(43-4)25(34)29(17)46-21)45-7-5-6-44-20-10-16-12-35(22(37)9-15(2)31(40)41)13-18(16)24(33)26(20)42-3/h10-11,14-15H,5-9,12-13H2,1-4H3,(H,38,39)(H,40,41)/t14-,15-/m0/s1. The smallest absolute Gasteiger partial charge is 0.306 e. The number of ketones is 1. The number of hydrogen-bond acceptors (Lipinski definition) is 9.